The fraction of sp³-hybridized carbons (Fsp3) is 0.0909. The molecular weight excluding hydrogens is 274 g/mol. The highest BCUT2D eigenvalue weighted by Crippen LogP contribution is 2.34. The van der Waals surface area contributed by atoms with Crippen LogP contribution in [0.4, 0.5) is 0 Å². The Bertz CT molecular complexity index is 632. The number of hydrogen-bond donors (Lipinski definition) is 1. The van der Waals surface area contributed by atoms with Crippen LogP contribution >= 0.6 is 23.1 Å². The second-order valence-corrected chi connectivity index (χ2v) is 7.78. The first kappa shape index (κ1) is 12.6. The summed E-state index contributed by atoms with van der Waals surface area (Å²) in [4.78, 5) is 1.09. The molecule has 0 radical (unpaired) electrons. The van der Waals surface area contributed by atoms with E-state index < -0.39 is 10.0 Å². The van der Waals surface area contributed by atoms with Crippen LogP contribution in [0.1, 0.15) is 5.56 Å². The van der Waals surface area contributed by atoms with Crippen molar-refractivity contribution in [3.63, 3.8) is 0 Å². The maximum Gasteiger partial charge on any atom is 0.247 e. The fourth-order valence-corrected chi connectivity index (χ4v) is 4.41. The third-order valence-electron chi connectivity index (χ3n) is 2.05. The molecule has 0 saturated carbocycles. The van der Waals surface area contributed by atoms with Gasteiger partial charge in [-0.3, -0.25) is 0 Å². The molecule has 3 nitrogen and oxygen atoms in total. The minimum atomic E-state index is -3.58. The highest BCUT2D eigenvalue weighted by atomic mass is 32.3. The van der Waals surface area contributed by atoms with Gasteiger partial charge in [-0.1, -0.05) is 29.5 Å². The first-order valence-electron chi connectivity index (χ1n) is 4.82. The summed E-state index contributed by atoms with van der Waals surface area (Å²) >= 11 is 2.73. The molecule has 1 aromatic heterocycles. The minimum absolute atomic E-state index is 0.202. The molecule has 2 N–H and O–H groups in total. The summed E-state index contributed by atoms with van der Waals surface area (Å²) in [7, 11) is -3.58. The van der Waals surface area contributed by atoms with Crippen molar-refractivity contribution in [1.29, 1.82) is 0 Å². The van der Waals surface area contributed by atoms with Crippen molar-refractivity contribution in [2.24, 2.45) is 5.14 Å². The molecule has 0 amide bonds. The van der Waals surface area contributed by atoms with Crippen molar-refractivity contribution < 1.29 is 8.42 Å². The smallest absolute Gasteiger partial charge is 0.224 e. The maximum atomic E-state index is 11.1. The lowest BCUT2D eigenvalue weighted by atomic mass is 10.2. The van der Waals surface area contributed by atoms with Gasteiger partial charge in [0.15, 0.2) is 0 Å². The molecule has 0 saturated heterocycles. The van der Waals surface area contributed by atoms with Gasteiger partial charge < -0.3 is 0 Å². The topological polar surface area (TPSA) is 60.2 Å². The molecule has 2 rings (SSSR count). The fourth-order valence-electron chi connectivity index (χ4n) is 1.31. The molecule has 0 spiro atoms. The Morgan fingerprint density at radius 3 is 2.59 bits per heavy atom. The van der Waals surface area contributed by atoms with Crippen molar-refractivity contribution in [2.75, 3.05) is 0 Å². The van der Waals surface area contributed by atoms with E-state index in [9.17, 15) is 8.42 Å². The Labute approximate surface area is 109 Å². The van der Waals surface area contributed by atoms with Gasteiger partial charge in [0.1, 0.15) is 4.21 Å². The number of thiophene rings is 1. The monoisotopic (exact) mass is 285 g/mol. The van der Waals surface area contributed by atoms with Crippen LogP contribution in [0.15, 0.2) is 49.7 Å². The number of sulfonamides is 1. The zero-order valence-electron chi connectivity index (χ0n) is 9.08. The van der Waals surface area contributed by atoms with Crippen LogP contribution in [-0.4, -0.2) is 8.42 Å². The molecular formula is C11H11NO2S3. The molecule has 0 aliphatic rings. The van der Waals surface area contributed by atoms with Crippen LogP contribution in [0.5, 0.6) is 0 Å². The first-order chi connectivity index (χ1) is 7.95. The molecule has 0 unspecified atom stereocenters. The molecule has 0 fully saturated rings. The summed E-state index contributed by atoms with van der Waals surface area (Å²) in [5.74, 6) is 0. The Morgan fingerprint density at radius 2 is 2.00 bits per heavy atom. The van der Waals surface area contributed by atoms with Crippen molar-refractivity contribution in [3.8, 4) is 0 Å². The minimum Gasteiger partial charge on any atom is -0.224 e. The van der Waals surface area contributed by atoms with Crippen LogP contribution in [0, 0.1) is 6.92 Å². The lowest BCUT2D eigenvalue weighted by Gasteiger charge is -1.99. The van der Waals surface area contributed by atoms with Gasteiger partial charge in [-0.15, -0.1) is 11.3 Å². The van der Waals surface area contributed by atoms with Gasteiger partial charge in [0.25, 0.3) is 0 Å². The van der Waals surface area contributed by atoms with Crippen molar-refractivity contribution in [1.82, 2.24) is 0 Å². The van der Waals surface area contributed by atoms with Gasteiger partial charge in [-0.05, 0) is 31.2 Å². The van der Waals surface area contributed by atoms with Crippen molar-refractivity contribution in [3.05, 3.63) is 42.0 Å². The Balaban J connectivity index is 2.23. The van der Waals surface area contributed by atoms with E-state index in [2.05, 4.69) is 6.07 Å². The number of benzene rings is 1. The summed E-state index contributed by atoms with van der Waals surface area (Å²) < 4.78 is 23.4. The van der Waals surface area contributed by atoms with Gasteiger partial charge in [-0.25, -0.2) is 13.6 Å². The molecule has 6 heteroatoms. The number of nitrogens with two attached hydrogens (primary N) is 1. The normalized spacial score (nSPS) is 11.6. The Kier molecular flexibility index (Phi) is 3.58. The van der Waals surface area contributed by atoms with E-state index >= 15 is 0 Å². The summed E-state index contributed by atoms with van der Waals surface area (Å²) in [6.45, 7) is 2.02. The van der Waals surface area contributed by atoms with E-state index in [0.717, 1.165) is 9.10 Å². The molecule has 0 atom stereocenters. The predicted octanol–water partition coefficient (Wildman–Crippen LogP) is 2.86. The summed E-state index contributed by atoms with van der Waals surface area (Å²) in [5, 5.41) is 5.06. The standard InChI is InChI=1S/C11H11NO2S3/c1-8-3-2-4-9(7-8)15-10-5-6-11(16-10)17(12,13)14/h2-7H,1H3,(H2,12,13,14). The van der Waals surface area contributed by atoms with E-state index in [1.165, 1.54) is 34.7 Å². The van der Waals surface area contributed by atoms with Gasteiger partial charge in [0, 0.05) is 4.90 Å². The van der Waals surface area contributed by atoms with Crippen LogP contribution in [-0.2, 0) is 10.0 Å². The van der Waals surface area contributed by atoms with E-state index in [0.29, 0.717) is 0 Å². The van der Waals surface area contributed by atoms with Crippen LogP contribution in [0.25, 0.3) is 0 Å². The SMILES string of the molecule is Cc1cccc(Sc2ccc(S(N)(=O)=O)s2)c1. The summed E-state index contributed by atoms with van der Waals surface area (Å²) in [5.41, 5.74) is 1.18. The molecule has 90 valence electrons. The third kappa shape index (κ3) is 3.32. The predicted molar refractivity (Wildman–Crippen MR) is 71.0 cm³/mol. The van der Waals surface area contributed by atoms with E-state index in [4.69, 9.17) is 5.14 Å². The number of rotatable bonds is 3. The zero-order chi connectivity index (χ0) is 12.5. The Morgan fingerprint density at radius 1 is 1.24 bits per heavy atom. The average Bonchev–Trinajstić information content (AvgIpc) is 2.65. The number of aryl methyl sites for hydroxylation is 1. The van der Waals surface area contributed by atoms with Crippen molar-refractivity contribution in [2.45, 2.75) is 20.2 Å². The third-order valence-corrected chi connectivity index (χ3v) is 5.69. The van der Waals surface area contributed by atoms with Crippen molar-refractivity contribution >= 4 is 33.1 Å². The summed E-state index contributed by atoms with van der Waals surface area (Å²) in [6, 6.07) is 11.4. The molecule has 0 aliphatic carbocycles. The van der Waals surface area contributed by atoms with Crippen LogP contribution < -0.4 is 5.14 Å². The van der Waals surface area contributed by atoms with E-state index in [1.807, 2.05) is 25.1 Å². The molecule has 2 aromatic rings. The zero-order valence-corrected chi connectivity index (χ0v) is 11.5. The quantitative estimate of drug-likeness (QED) is 0.943. The van der Waals surface area contributed by atoms with Gasteiger partial charge in [0.2, 0.25) is 10.0 Å². The van der Waals surface area contributed by atoms with E-state index in [-0.39, 0.29) is 4.21 Å². The molecule has 0 aliphatic heterocycles. The Hall–Kier alpha value is -0.820. The number of hydrogen-bond acceptors (Lipinski definition) is 4. The second-order valence-electron chi connectivity index (χ2n) is 3.54. The highest BCUT2D eigenvalue weighted by Gasteiger charge is 2.11. The lowest BCUT2D eigenvalue weighted by Crippen LogP contribution is -2.09. The van der Waals surface area contributed by atoms with Crippen LogP contribution in [0.3, 0.4) is 0 Å². The highest BCUT2D eigenvalue weighted by molar-refractivity contribution is 8.01. The lowest BCUT2D eigenvalue weighted by molar-refractivity contribution is 0.600. The largest absolute Gasteiger partial charge is 0.247 e. The van der Waals surface area contributed by atoms with Crippen LogP contribution in [0.2, 0.25) is 0 Å². The van der Waals surface area contributed by atoms with Gasteiger partial charge in [0.05, 0.1) is 4.21 Å². The second kappa shape index (κ2) is 4.81. The summed E-state index contributed by atoms with van der Waals surface area (Å²) in [6.07, 6.45) is 0. The molecule has 1 aromatic carbocycles. The van der Waals surface area contributed by atoms with E-state index in [1.54, 1.807) is 6.07 Å². The van der Waals surface area contributed by atoms with Gasteiger partial charge in [-0.2, -0.15) is 0 Å². The molecule has 17 heavy (non-hydrogen) atoms. The molecule has 0 bridgehead atoms. The van der Waals surface area contributed by atoms with Gasteiger partial charge >= 0.3 is 0 Å². The average molecular weight is 285 g/mol. The number of primary sulfonamides is 1. The maximum absolute atomic E-state index is 11.1. The first-order valence-corrected chi connectivity index (χ1v) is 8.00. The molecule has 1 heterocycles.